The minimum Gasteiger partial charge on any atom is -0.463 e. The molecular weight excluding hydrogens is 532 g/mol. The Labute approximate surface area is 229 Å². The second-order valence-electron chi connectivity index (χ2n) is 8.90. The van der Waals surface area contributed by atoms with Gasteiger partial charge in [-0.25, -0.2) is 4.99 Å². The van der Waals surface area contributed by atoms with E-state index in [0.29, 0.717) is 11.3 Å². The van der Waals surface area contributed by atoms with Gasteiger partial charge in [0.25, 0.3) is 5.91 Å². The van der Waals surface area contributed by atoms with E-state index in [1.165, 1.54) is 11.8 Å². The number of ether oxygens (including phenoxy) is 5. The first kappa shape index (κ1) is 29.8. The number of anilines is 1. The fourth-order valence-electron chi connectivity index (χ4n) is 3.98. The average Bonchev–Trinajstić information content (AvgIpc) is 3.17. The zero-order valence-corrected chi connectivity index (χ0v) is 23.2. The number of benzene rings is 1. The number of aliphatic imine (C=N–C) groups is 1. The number of thioether (sulfide) groups is 1. The van der Waals surface area contributed by atoms with Crippen LogP contribution in [0.5, 0.6) is 0 Å². The third-order valence-electron chi connectivity index (χ3n) is 5.46. The molecule has 1 aromatic carbocycles. The molecule has 2 aliphatic heterocycles. The van der Waals surface area contributed by atoms with Gasteiger partial charge in [0.2, 0.25) is 0 Å². The van der Waals surface area contributed by atoms with Crippen molar-refractivity contribution in [1.82, 2.24) is 0 Å². The number of amides is 1. The van der Waals surface area contributed by atoms with Crippen molar-refractivity contribution in [2.45, 2.75) is 71.4 Å². The molecule has 0 aliphatic carbocycles. The van der Waals surface area contributed by atoms with Crippen molar-refractivity contribution in [2.24, 2.45) is 4.99 Å². The summed E-state index contributed by atoms with van der Waals surface area (Å²) in [5, 5.41) is 0.211. The van der Waals surface area contributed by atoms with Crippen molar-refractivity contribution >= 4 is 52.4 Å². The predicted molar refractivity (Wildman–Crippen MR) is 139 cm³/mol. The lowest BCUT2D eigenvalue weighted by molar-refractivity contribution is -0.237. The molecule has 0 aromatic heterocycles. The number of carbonyl (C=O) groups is 5. The molecule has 5 atom stereocenters. The standard InChI is InChI=1S/C26H30N2O10S/c1-13(2)20-24(33)28(18-10-8-7-9-11-18)26(27-20)39-25-23(37-17(6)32)22(36-16(5)31)21(35-15(4)30)19(38-25)12-34-14(3)29/h7-11,19,21-23,25H,12H2,1-6H3. The largest absolute Gasteiger partial charge is 0.463 e. The van der Waals surface area contributed by atoms with Crippen molar-refractivity contribution < 1.29 is 47.7 Å². The maximum Gasteiger partial charge on any atom is 0.303 e. The van der Waals surface area contributed by atoms with E-state index in [1.807, 2.05) is 0 Å². The van der Waals surface area contributed by atoms with Gasteiger partial charge >= 0.3 is 23.9 Å². The van der Waals surface area contributed by atoms with Gasteiger partial charge in [0.1, 0.15) is 18.4 Å². The number of allylic oxidation sites excluding steroid dienone is 1. The SMILES string of the molecule is CC(=O)OCC1OC(SC2=NC(=C(C)C)C(=O)N2c2ccccc2)C(OC(C)=O)C(OC(C)=O)C1OC(C)=O. The van der Waals surface area contributed by atoms with E-state index >= 15 is 0 Å². The lowest BCUT2D eigenvalue weighted by atomic mass is 9.99. The molecule has 0 spiro atoms. The molecule has 2 aliphatic rings. The summed E-state index contributed by atoms with van der Waals surface area (Å²) in [6.07, 6.45) is -5.01. The molecule has 0 radical (unpaired) electrons. The zero-order chi connectivity index (χ0) is 28.9. The maximum absolute atomic E-state index is 13.3. The Hall–Kier alpha value is -3.71. The molecule has 1 aromatic rings. The van der Waals surface area contributed by atoms with Gasteiger partial charge < -0.3 is 23.7 Å². The highest BCUT2D eigenvalue weighted by Gasteiger charge is 2.53. The van der Waals surface area contributed by atoms with Crippen LogP contribution in [0.25, 0.3) is 0 Å². The van der Waals surface area contributed by atoms with Crippen LogP contribution >= 0.6 is 11.8 Å². The van der Waals surface area contributed by atoms with E-state index in [9.17, 15) is 24.0 Å². The van der Waals surface area contributed by atoms with Gasteiger partial charge in [-0.2, -0.15) is 0 Å². The highest BCUT2D eigenvalue weighted by Crippen LogP contribution is 2.38. The average molecular weight is 563 g/mol. The molecule has 0 N–H and O–H groups in total. The van der Waals surface area contributed by atoms with Gasteiger partial charge in [0.15, 0.2) is 28.9 Å². The first-order chi connectivity index (χ1) is 18.4. The lowest BCUT2D eigenvalue weighted by Crippen LogP contribution is -2.61. The number of hydrogen-bond acceptors (Lipinski definition) is 12. The van der Waals surface area contributed by atoms with E-state index in [1.54, 1.807) is 44.2 Å². The van der Waals surface area contributed by atoms with Crippen LogP contribution in [-0.2, 0) is 47.7 Å². The summed E-state index contributed by atoms with van der Waals surface area (Å²) in [6, 6.07) is 8.79. The van der Waals surface area contributed by atoms with E-state index in [-0.39, 0.29) is 23.4 Å². The first-order valence-electron chi connectivity index (χ1n) is 12.0. The van der Waals surface area contributed by atoms with Crippen LogP contribution in [0.3, 0.4) is 0 Å². The number of esters is 4. The van der Waals surface area contributed by atoms with Gasteiger partial charge in [0.05, 0.1) is 5.69 Å². The van der Waals surface area contributed by atoms with Gasteiger partial charge in [-0.15, -0.1) is 0 Å². The number of para-hydroxylation sites is 1. The van der Waals surface area contributed by atoms with Crippen LogP contribution in [0.4, 0.5) is 5.69 Å². The van der Waals surface area contributed by atoms with E-state index in [2.05, 4.69) is 4.99 Å². The van der Waals surface area contributed by atoms with Crippen LogP contribution in [0, 0.1) is 0 Å². The summed E-state index contributed by atoms with van der Waals surface area (Å²) in [5.74, 6) is -3.17. The Bertz CT molecular complexity index is 1190. The zero-order valence-electron chi connectivity index (χ0n) is 22.4. The Balaban J connectivity index is 2.08. The molecule has 5 unspecified atom stereocenters. The summed E-state index contributed by atoms with van der Waals surface area (Å²) < 4.78 is 27.7. The fourth-order valence-corrected chi connectivity index (χ4v) is 5.17. The van der Waals surface area contributed by atoms with Crippen LogP contribution in [-0.4, -0.2) is 71.4 Å². The summed E-state index contributed by atoms with van der Waals surface area (Å²) in [6.45, 7) is 7.79. The van der Waals surface area contributed by atoms with Crippen LogP contribution in [0.2, 0.25) is 0 Å². The minimum absolute atomic E-state index is 0.211. The van der Waals surface area contributed by atoms with Crippen LogP contribution < -0.4 is 4.90 Å². The smallest absolute Gasteiger partial charge is 0.303 e. The molecule has 1 saturated heterocycles. The van der Waals surface area contributed by atoms with E-state index in [4.69, 9.17) is 23.7 Å². The summed E-state index contributed by atoms with van der Waals surface area (Å²) in [7, 11) is 0. The second kappa shape index (κ2) is 12.9. The molecular formula is C26H30N2O10S. The molecule has 210 valence electrons. The third-order valence-corrected chi connectivity index (χ3v) is 6.56. The number of carbonyl (C=O) groups excluding carboxylic acids is 5. The second-order valence-corrected chi connectivity index (χ2v) is 9.97. The molecule has 13 heteroatoms. The monoisotopic (exact) mass is 562 g/mol. The van der Waals surface area contributed by atoms with Gasteiger partial charge in [-0.1, -0.05) is 30.0 Å². The van der Waals surface area contributed by atoms with Crippen molar-refractivity contribution in [3.8, 4) is 0 Å². The fraction of sp³-hybridized carbons (Fsp3) is 0.462. The molecule has 2 heterocycles. The number of amidine groups is 1. The summed E-state index contributed by atoms with van der Waals surface area (Å²) >= 11 is 0.945. The minimum atomic E-state index is -1.33. The molecule has 3 rings (SSSR count). The molecule has 0 bridgehead atoms. The van der Waals surface area contributed by atoms with Crippen molar-refractivity contribution in [3.05, 3.63) is 41.6 Å². The van der Waals surface area contributed by atoms with Crippen molar-refractivity contribution in [2.75, 3.05) is 11.5 Å². The Kier molecular flexibility index (Phi) is 9.86. The van der Waals surface area contributed by atoms with Crippen molar-refractivity contribution in [3.63, 3.8) is 0 Å². The maximum atomic E-state index is 13.3. The highest BCUT2D eigenvalue weighted by atomic mass is 32.2. The van der Waals surface area contributed by atoms with Crippen LogP contribution in [0.15, 0.2) is 46.6 Å². The topological polar surface area (TPSA) is 147 Å². The Morgan fingerprint density at radius 3 is 1.95 bits per heavy atom. The number of hydrogen-bond donors (Lipinski definition) is 0. The molecule has 12 nitrogen and oxygen atoms in total. The van der Waals surface area contributed by atoms with Crippen LogP contribution in [0.1, 0.15) is 41.5 Å². The van der Waals surface area contributed by atoms with Gasteiger partial charge in [-0.3, -0.25) is 28.9 Å². The van der Waals surface area contributed by atoms with Crippen molar-refractivity contribution in [1.29, 1.82) is 0 Å². The molecule has 0 saturated carbocycles. The number of nitrogens with zero attached hydrogens (tertiary/aromatic N) is 2. The Morgan fingerprint density at radius 2 is 1.41 bits per heavy atom. The molecule has 1 amide bonds. The first-order valence-corrected chi connectivity index (χ1v) is 12.9. The van der Waals surface area contributed by atoms with Gasteiger partial charge in [0, 0.05) is 27.7 Å². The lowest BCUT2D eigenvalue weighted by Gasteiger charge is -2.44. The molecule has 39 heavy (non-hydrogen) atoms. The predicted octanol–water partition coefficient (Wildman–Crippen LogP) is 2.50. The number of rotatable bonds is 7. The van der Waals surface area contributed by atoms with Gasteiger partial charge in [-0.05, 0) is 31.6 Å². The highest BCUT2D eigenvalue weighted by molar-refractivity contribution is 8.14. The third kappa shape index (κ3) is 7.45. The summed E-state index contributed by atoms with van der Waals surface area (Å²) in [5.41, 5.74) is 0.320. The Morgan fingerprint density at radius 1 is 0.846 bits per heavy atom. The quantitative estimate of drug-likeness (QED) is 0.274. The van der Waals surface area contributed by atoms with E-state index < -0.39 is 53.7 Å². The normalized spacial score (nSPS) is 24.5. The molecule has 1 fully saturated rings. The van der Waals surface area contributed by atoms with E-state index in [0.717, 1.165) is 32.5 Å². The summed E-state index contributed by atoms with van der Waals surface area (Å²) in [4.78, 5) is 66.9.